The van der Waals surface area contributed by atoms with Gasteiger partial charge in [0, 0.05) is 56.9 Å². The summed E-state index contributed by atoms with van der Waals surface area (Å²) in [4.78, 5) is 13.0. The molecular formula is C32H10Br4N4S6. The molecule has 6 rings (SSSR count). The Kier molecular flexibility index (Phi) is 10.4. The van der Waals surface area contributed by atoms with Crippen LogP contribution in [0.5, 0.6) is 0 Å². The van der Waals surface area contributed by atoms with Crippen molar-refractivity contribution in [2.24, 2.45) is 0 Å². The van der Waals surface area contributed by atoms with Gasteiger partial charge in [-0.1, -0.05) is 0 Å². The lowest BCUT2D eigenvalue weighted by Crippen LogP contribution is -1.68. The summed E-state index contributed by atoms with van der Waals surface area (Å²) in [7, 11) is 0. The van der Waals surface area contributed by atoms with Crippen molar-refractivity contribution < 1.29 is 0 Å². The van der Waals surface area contributed by atoms with Crippen LogP contribution >= 0.6 is 132 Å². The van der Waals surface area contributed by atoms with Gasteiger partial charge in [-0.3, -0.25) is 0 Å². The molecule has 0 aliphatic carbocycles. The zero-order valence-corrected chi connectivity index (χ0v) is 33.8. The number of thiophene rings is 6. The fraction of sp³-hybridized carbons (Fsp3) is 0. The first-order valence-electron chi connectivity index (χ1n) is 12.6. The number of allylic oxidation sites excluding steroid dienone is 2. The molecule has 46 heavy (non-hydrogen) atoms. The van der Waals surface area contributed by atoms with Gasteiger partial charge in [-0.2, -0.15) is 21.0 Å². The Hall–Kier alpha value is -2.44. The lowest BCUT2D eigenvalue weighted by molar-refractivity contribution is 1.47. The molecule has 0 radical (unpaired) electrons. The molecule has 14 heteroatoms. The summed E-state index contributed by atoms with van der Waals surface area (Å²) in [5.74, 6) is 0. The van der Waals surface area contributed by atoms with Crippen LogP contribution < -0.4 is 0 Å². The topological polar surface area (TPSA) is 95.2 Å². The third-order valence-electron chi connectivity index (χ3n) is 6.19. The highest BCUT2D eigenvalue weighted by Gasteiger charge is 2.20. The van der Waals surface area contributed by atoms with Crippen molar-refractivity contribution in [1.29, 1.82) is 21.0 Å². The average Bonchev–Trinajstić information content (AvgIpc) is 3.88. The molecule has 6 heterocycles. The molecular weight excluding hydrogens is 952 g/mol. The lowest BCUT2D eigenvalue weighted by atomic mass is 10.3. The van der Waals surface area contributed by atoms with Gasteiger partial charge in [-0.25, -0.2) is 0 Å². The highest BCUT2D eigenvalue weighted by molar-refractivity contribution is 9.11. The SMILES string of the molecule is N#CC(C#N)=Cc1cc(Br)c(-c2cc(Br)c(-c3ccc(-c4ccc(-c5sc(-c6sc(C=C(C#N)C#N)cc6Br)cc5Br)s4)s3)s2)s1. The first kappa shape index (κ1) is 33.5. The van der Waals surface area contributed by atoms with E-state index in [-0.39, 0.29) is 11.1 Å². The van der Waals surface area contributed by atoms with Crippen molar-refractivity contribution >= 4 is 144 Å². The van der Waals surface area contributed by atoms with Crippen molar-refractivity contribution in [3.63, 3.8) is 0 Å². The summed E-state index contributed by atoms with van der Waals surface area (Å²) in [6, 6.07) is 24.4. The molecule has 0 aromatic carbocycles. The number of hydrogen-bond acceptors (Lipinski definition) is 10. The van der Waals surface area contributed by atoms with Crippen molar-refractivity contribution in [1.82, 2.24) is 0 Å². The van der Waals surface area contributed by atoms with Crippen molar-refractivity contribution in [2.45, 2.75) is 0 Å². The number of halogens is 4. The van der Waals surface area contributed by atoms with Gasteiger partial charge < -0.3 is 0 Å². The lowest BCUT2D eigenvalue weighted by Gasteiger charge is -1.95. The molecule has 222 valence electrons. The van der Waals surface area contributed by atoms with E-state index in [0.29, 0.717) is 0 Å². The van der Waals surface area contributed by atoms with E-state index in [9.17, 15) is 0 Å². The molecule has 0 atom stereocenters. The van der Waals surface area contributed by atoms with E-state index in [1.807, 2.05) is 36.4 Å². The van der Waals surface area contributed by atoms with E-state index in [4.69, 9.17) is 21.0 Å². The van der Waals surface area contributed by atoms with Crippen LogP contribution in [-0.2, 0) is 0 Å². The van der Waals surface area contributed by atoms with Crippen LogP contribution in [0.4, 0.5) is 0 Å². The van der Waals surface area contributed by atoms with Crippen LogP contribution in [-0.4, -0.2) is 0 Å². The quantitative estimate of drug-likeness (QED) is 0.149. The molecule has 0 saturated heterocycles. The van der Waals surface area contributed by atoms with Crippen molar-refractivity contribution in [2.75, 3.05) is 0 Å². The fourth-order valence-corrected chi connectivity index (χ4v) is 14.8. The van der Waals surface area contributed by atoms with E-state index < -0.39 is 0 Å². The van der Waals surface area contributed by atoms with Crippen LogP contribution in [0.1, 0.15) is 9.75 Å². The standard InChI is InChI=1S/C32H10Br4N4S6/c33-19-7-17(5-15(11-37)12-38)41-31(19)27-9-21(35)29(45-27)25-3-1-23(43-25)24-2-4-26(44-24)30-22(36)10-28(46-30)32-20(34)8-18(42-32)6-16(13-39)14-40/h1-10H. The minimum Gasteiger partial charge on any atom is -0.192 e. The molecule has 0 saturated carbocycles. The maximum atomic E-state index is 9.12. The Labute approximate surface area is 321 Å². The number of nitriles is 4. The first-order valence-corrected chi connectivity index (χ1v) is 20.7. The predicted molar refractivity (Wildman–Crippen MR) is 210 cm³/mol. The normalized spacial score (nSPS) is 10.5. The second kappa shape index (κ2) is 14.4. The highest BCUT2D eigenvalue weighted by Crippen LogP contribution is 2.51. The van der Waals surface area contributed by atoms with E-state index in [2.05, 4.69) is 100 Å². The Balaban J connectivity index is 1.25. The molecule has 6 aromatic heterocycles. The Bertz CT molecular complexity index is 2180. The van der Waals surface area contributed by atoms with Gasteiger partial charge in [0.2, 0.25) is 0 Å². The minimum atomic E-state index is 0.0779. The smallest absolute Gasteiger partial charge is 0.131 e. The summed E-state index contributed by atoms with van der Waals surface area (Å²) in [5, 5.41) is 36.5. The molecule has 0 aliphatic rings. The van der Waals surface area contributed by atoms with Gasteiger partial charge in [0.05, 0.1) is 19.5 Å². The summed E-state index contributed by atoms with van der Waals surface area (Å²) < 4.78 is 3.89. The van der Waals surface area contributed by atoms with Gasteiger partial charge in [0.15, 0.2) is 0 Å². The largest absolute Gasteiger partial charge is 0.192 e. The Morgan fingerprint density at radius 3 is 1.13 bits per heavy atom. The molecule has 6 aromatic rings. The molecule has 0 N–H and O–H groups in total. The molecule has 4 nitrogen and oxygen atoms in total. The van der Waals surface area contributed by atoms with Crippen LogP contribution in [0.25, 0.3) is 60.9 Å². The van der Waals surface area contributed by atoms with Crippen LogP contribution in [0.15, 0.2) is 77.6 Å². The minimum absolute atomic E-state index is 0.0779. The van der Waals surface area contributed by atoms with Gasteiger partial charge in [-0.15, -0.1) is 68.0 Å². The highest BCUT2D eigenvalue weighted by atomic mass is 79.9. The van der Waals surface area contributed by atoms with Gasteiger partial charge in [-0.05, 0) is 124 Å². The van der Waals surface area contributed by atoms with Gasteiger partial charge in [0.1, 0.15) is 35.4 Å². The first-order chi connectivity index (χ1) is 22.2. The number of rotatable bonds is 7. The Morgan fingerprint density at radius 2 is 0.761 bits per heavy atom. The molecule has 0 bridgehead atoms. The predicted octanol–water partition coefficient (Wildman–Crippen LogP) is 14.3. The molecule has 0 spiro atoms. The number of nitrogens with zero attached hydrogens (tertiary/aromatic N) is 4. The summed E-state index contributed by atoms with van der Waals surface area (Å²) >= 11 is 24.8. The van der Waals surface area contributed by atoms with Crippen LogP contribution in [0, 0.1) is 45.3 Å². The summed E-state index contributed by atoms with van der Waals surface area (Å²) in [6.45, 7) is 0. The van der Waals surface area contributed by atoms with E-state index in [1.165, 1.54) is 42.2 Å². The maximum absolute atomic E-state index is 9.12. The number of hydrogen-bond donors (Lipinski definition) is 0. The van der Waals surface area contributed by atoms with Gasteiger partial charge >= 0.3 is 0 Å². The van der Waals surface area contributed by atoms with Crippen molar-refractivity contribution in [3.8, 4) is 73.0 Å². The third kappa shape index (κ3) is 6.90. The van der Waals surface area contributed by atoms with Crippen LogP contribution in [0.2, 0.25) is 0 Å². The zero-order valence-electron chi connectivity index (χ0n) is 22.5. The summed E-state index contributed by atoms with van der Waals surface area (Å²) in [6.07, 6.45) is 3.22. The third-order valence-corrected chi connectivity index (χ3v) is 17.3. The van der Waals surface area contributed by atoms with E-state index >= 15 is 0 Å². The second-order valence-electron chi connectivity index (χ2n) is 9.12. The van der Waals surface area contributed by atoms with E-state index in [1.54, 1.807) is 57.5 Å². The monoisotopic (exact) mass is 958 g/mol. The average molecular weight is 962 g/mol. The van der Waals surface area contributed by atoms with Crippen LogP contribution in [0.3, 0.4) is 0 Å². The molecule has 0 unspecified atom stereocenters. The molecule has 0 amide bonds. The van der Waals surface area contributed by atoms with Gasteiger partial charge in [0.25, 0.3) is 0 Å². The Morgan fingerprint density at radius 1 is 0.435 bits per heavy atom. The van der Waals surface area contributed by atoms with Crippen molar-refractivity contribution in [3.05, 3.63) is 87.3 Å². The second-order valence-corrected chi connectivity index (χ2v) is 19.0. The summed E-state index contributed by atoms with van der Waals surface area (Å²) in [5.41, 5.74) is 0.156. The maximum Gasteiger partial charge on any atom is 0.131 e. The van der Waals surface area contributed by atoms with E-state index in [0.717, 1.165) is 56.9 Å². The zero-order chi connectivity index (χ0) is 32.5. The fourth-order valence-electron chi connectivity index (χ4n) is 4.20. The molecule has 0 fully saturated rings. The molecule has 0 aliphatic heterocycles.